The molecule has 2 rings (SSSR count). The zero-order valence-electron chi connectivity index (χ0n) is 8.62. The molecule has 16 heavy (non-hydrogen) atoms. The van der Waals surface area contributed by atoms with Crippen LogP contribution in [-0.2, 0) is 0 Å². The highest BCUT2D eigenvalue weighted by Crippen LogP contribution is 2.23. The first-order valence-corrected chi connectivity index (χ1v) is 4.71. The van der Waals surface area contributed by atoms with Crippen LogP contribution in [0, 0.1) is 17.0 Å². The van der Waals surface area contributed by atoms with E-state index < -0.39 is 4.92 Å². The third-order valence-electron chi connectivity index (χ3n) is 2.21. The van der Waals surface area contributed by atoms with Crippen molar-refractivity contribution in [2.24, 2.45) is 0 Å². The number of aromatic nitrogens is 2. The number of non-ortho nitro benzene ring substituents is 1. The lowest BCUT2D eigenvalue weighted by Crippen LogP contribution is -1.92. The maximum atomic E-state index is 10.6. The molecule has 0 N–H and O–H groups in total. The molecule has 0 unspecified atom stereocenters. The first kappa shape index (κ1) is 10.2. The number of benzene rings is 1. The van der Waals surface area contributed by atoms with Crippen LogP contribution in [0.1, 0.15) is 5.69 Å². The molecule has 80 valence electrons. The van der Waals surface area contributed by atoms with Gasteiger partial charge in [-0.15, -0.1) is 0 Å². The Hall–Kier alpha value is -2.30. The normalized spacial score (nSPS) is 10.1. The van der Waals surface area contributed by atoms with E-state index in [0.29, 0.717) is 11.3 Å². The molecule has 0 amide bonds. The fourth-order valence-electron chi connectivity index (χ4n) is 1.46. The molecule has 0 spiro atoms. The summed E-state index contributed by atoms with van der Waals surface area (Å²) in [6, 6.07) is 6.37. The summed E-state index contributed by atoms with van der Waals surface area (Å²) in [5.74, 6) is 0. The summed E-state index contributed by atoms with van der Waals surface area (Å²) in [5, 5.41) is 10.6. The van der Waals surface area contributed by atoms with Crippen LogP contribution in [0.3, 0.4) is 0 Å². The van der Waals surface area contributed by atoms with Gasteiger partial charge in [-0.05, 0) is 6.92 Å². The summed E-state index contributed by atoms with van der Waals surface area (Å²) in [4.78, 5) is 18.5. The highest BCUT2D eigenvalue weighted by atomic mass is 16.6. The standard InChI is InChI=1S/C11H9N3O2/c1-8-11(13-6-5-12-8)9-3-2-4-10(7-9)14(15)16/h2-7H,1H3. The van der Waals surface area contributed by atoms with Crippen LogP contribution in [0.4, 0.5) is 5.69 Å². The van der Waals surface area contributed by atoms with Crippen molar-refractivity contribution in [1.29, 1.82) is 0 Å². The molecule has 0 aliphatic heterocycles. The summed E-state index contributed by atoms with van der Waals surface area (Å²) in [6.07, 6.45) is 3.16. The summed E-state index contributed by atoms with van der Waals surface area (Å²) in [6.45, 7) is 1.82. The molecule has 1 aromatic carbocycles. The van der Waals surface area contributed by atoms with Crippen molar-refractivity contribution in [3.8, 4) is 11.3 Å². The molecule has 5 heteroatoms. The van der Waals surface area contributed by atoms with E-state index in [1.807, 2.05) is 6.92 Å². The van der Waals surface area contributed by atoms with Crippen LogP contribution in [-0.4, -0.2) is 14.9 Å². The van der Waals surface area contributed by atoms with Gasteiger partial charge in [0.1, 0.15) is 0 Å². The number of hydrogen-bond acceptors (Lipinski definition) is 4. The quantitative estimate of drug-likeness (QED) is 0.569. The number of aryl methyl sites for hydroxylation is 1. The molecule has 1 aromatic heterocycles. The predicted molar refractivity (Wildman–Crippen MR) is 58.9 cm³/mol. The Morgan fingerprint density at radius 3 is 2.69 bits per heavy atom. The molecular weight excluding hydrogens is 206 g/mol. The molecule has 0 saturated carbocycles. The predicted octanol–water partition coefficient (Wildman–Crippen LogP) is 2.36. The van der Waals surface area contributed by atoms with E-state index in [4.69, 9.17) is 0 Å². The van der Waals surface area contributed by atoms with E-state index in [9.17, 15) is 10.1 Å². The van der Waals surface area contributed by atoms with Gasteiger partial charge in [0, 0.05) is 30.1 Å². The van der Waals surface area contributed by atoms with Gasteiger partial charge in [-0.3, -0.25) is 20.1 Å². The fourth-order valence-corrected chi connectivity index (χ4v) is 1.46. The average Bonchev–Trinajstić information content (AvgIpc) is 2.30. The third-order valence-corrected chi connectivity index (χ3v) is 2.21. The highest BCUT2D eigenvalue weighted by Gasteiger charge is 2.09. The minimum atomic E-state index is -0.421. The van der Waals surface area contributed by atoms with Crippen LogP contribution in [0.25, 0.3) is 11.3 Å². The van der Waals surface area contributed by atoms with Crippen molar-refractivity contribution < 1.29 is 4.92 Å². The molecule has 5 nitrogen and oxygen atoms in total. The van der Waals surface area contributed by atoms with Crippen molar-refractivity contribution in [1.82, 2.24) is 9.97 Å². The lowest BCUT2D eigenvalue weighted by Gasteiger charge is -2.02. The maximum Gasteiger partial charge on any atom is 0.270 e. The zero-order chi connectivity index (χ0) is 11.5. The second-order valence-electron chi connectivity index (χ2n) is 3.30. The topological polar surface area (TPSA) is 68.9 Å². The van der Waals surface area contributed by atoms with Gasteiger partial charge in [-0.25, -0.2) is 0 Å². The molecule has 0 radical (unpaired) electrons. The summed E-state index contributed by atoms with van der Waals surface area (Å²) < 4.78 is 0. The van der Waals surface area contributed by atoms with E-state index >= 15 is 0 Å². The lowest BCUT2D eigenvalue weighted by molar-refractivity contribution is -0.384. The van der Waals surface area contributed by atoms with Crippen LogP contribution >= 0.6 is 0 Å². The Morgan fingerprint density at radius 1 is 1.25 bits per heavy atom. The van der Waals surface area contributed by atoms with Gasteiger partial charge in [0.15, 0.2) is 0 Å². The molecule has 0 saturated heterocycles. The van der Waals surface area contributed by atoms with Crippen molar-refractivity contribution in [3.05, 3.63) is 52.5 Å². The largest absolute Gasteiger partial charge is 0.270 e. The second-order valence-corrected chi connectivity index (χ2v) is 3.30. The average molecular weight is 215 g/mol. The van der Waals surface area contributed by atoms with Gasteiger partial charge in [0.2, 0.25) is 0 Å². The van der Waals surface area contributed by atoms with E-state index in [0.717, 1.165) is 5.69 Å². The SMILES string of the molecule is Cc1nccnc1-c1cccc([N+](=O)[O-])c1. The maximum absolute atomic E-state index is 10.6. The van der Waals surface area contributed by atoms with Crippen LogP contribution in [0.2, 0.25) is 0 Å². The molecular formula is C11H9N3O2. The molecule has 2 aromatic rings. The van der Waals surface area contributed by atoms with Gasteiger partial charge in [-0.2, -0.15) is 0 Å². The fraction of sp³-hybridized carbons (Fsp3) is 0.0909. The Balaban J connectivity index is 2.53. The Morgan fingerprint density at radius 2 is 2.00 bits per heavy atom. The van der Waals surface area contributed by atoms with Gasteiger partial charge in [0.05, 0.1) is 16.3 Å². The first-order valence-electron chi connectivity index (χ1n) is 4.71. The lowest BCUT2D eigenvalue weighted by atomic mass is 10.1. The molecule has 0 aliphatic carbocycles. The van der Waals surface area contributed by atoms with Gasteiger partial charge in [0.25, 0.3) is 5.69 Å². The molecule has 1 heterocycles. The number of hydrogen-bond donors (Lipinski definition) is 0. The minimum absolute atomic E-state index is 0.0579. The molecule has 0 fully saturated rings. The Labute approximate surface area is 91.9 Å². The highest BCUT2D eigenvalue weighted by molar-refractivity contribution is 5.64. The van der Waals surface area contributed by atoms with E-state index in [2.05, 4.69) is 9.97 Å². The van der Waals surface area contributed by atoms with Crippen LogP contribution in [0.5, 0.6) is 0 Å². The van der Waals surface area contributed by atoms with E-state index in [1.165, 1.54) is 12.1 Å². The number of rotatable bonds is 2. The van der Waals surface area contributed by atoms with Crippen LogP contribution < -0.4 is 0 Å². The van der Waals surface area contributed by atoms with Crippen molar-refractivity contribution in [2.45, 2.75) is 6.92 Å². The van der Waals surface area contributed by atoms with Crippen molar-refractivity contribution in [3.63, 3.8) is 0 Å². The monoisotopic (exact) mass is 215 g/mol. The molecule has 0 bridgehead atoms. The Kier molecular flexibility index (Phi) is 2.59. The minimum Gasteiger partial charge on any atom is -0.258 e. The number of nitrogens with zero attached hydrogens (tertiary/aromatic N) is 3. The summed E-state index contributed by atoms with van der Waals surface area (Å²) >= 11 is 0. The zero-order valence-corrected chi connectivity index (χ0v) is 8.62. The first-order chi connectivity index (χ1) is 7.68. The molecule has 0 aliphatic rings. The van der Waals surface area contributed by atoms with Gasteiger partial charge < -0.3 is 0 Å². The second kappa shape index (κ2) is 4.06. The summed E-state index contributed by atoms with van der Waals surface area (Å²) in [5.41, 5.74) is 2.19. The van der Waals surface area contributed by atoms with Crippen molar-refractivity contribution >= 4 is 5.69 Å². The van der Waals surface area contributed by atoms with Gasteiger partial charge >= 0.3 is 0 Å². The Bertz CT molecular complexity index is 540. The molecule has 0 atom stereocenters. The number of nitro groups is 1. The number of nitro benzene ring substituents is 1. The smallest absolute Gasteiger partial charge is 0.258 e. The summed E-state index contributed by atoms with van der Waals surface area (Å²) in [7, 11) is 0. The van der Waals surface area contributed by atoms with Crippen LogP contribution in [0.15, 0.2) is 36.7 Å². The third kappa shape index (κ3) is 1.88. The van der Waals surface area contributed by atoms with E-state index in [-0.39, 0.29) is 5.69 Å². The van der Waals surface area contributed by atoms with E-state index in [1.54, 1.807) is 24.5 Å². The van der Waals surface area contributed by atoms with Crippen molar-refractivity contribution in [2.75, 3.05) is 0 Å². The van der Waals surface area contributed by atoms with Gasteiger partial charge in [-0.1, -0.05) is 12.1 Å².